The molecule has 7 heteroatoms. The molecule has 3 aromatic rings. The van der Waals surface area contributed by atoms with E-state index in [4.69, 9.17) is 11.6 Å². The van der Waals surface area contributed by atoms with Crippen LogP contribution in [0.3, 0.4) is 0 Å². The Morgan fingerprint density at radius 2 is 2.00 bits per heavy atom. The molecule has 0 aliphatic rings. The van der Waals surface area contributed by atoms with Gasteiger partial charge in [0.25, 0.3) is 0 Å². The molecule has 26 heavy (non-hydrogen) atoms. The first kappa shape index (κ1) is 19.1. The Morgan fingerprint density at radius 3 is 2.73 bits per heavy atom. The SMILES string of the molecule is Cc1nn(C)c2nc(Cl)c(CNCc3ccnc(SC(C)(C)C)c3)cc12. The number of rotatable bonds is 5. The molecule has 0 saturated heterocycles. The minimum absolute atomic E-state index is 0.148. The maximum absolute atomic E-state index is 6.36. The number of hydrogen-bond donors (Lipinski definition) is 1. The van der Waals surface area contributed by atoms with E-state index in [-0.39, 0.29) is 4.75 Å². The highest BCUT2D eigenvalue weighted by molar-refractivity contribution is 8.00. The second-order valence-electron chi connectivity index (χ2n) is 7.34. The Hall–Kier alpha value is -1.63. The molecule has 0 saturated carbocycles. The van der Waals surface area contributed by atoms with Crippen molar-refractivity contribution in [2.75, 3.05) is 0 Å². The molecule has 0 radical (unpaired) electrons. The Bertz CT molecular complexity index is 930. The van der Waals surface area contributed by atoms with E-state index < -0.39 is 0 Å². The normalized spacial score (nSPS) is 12.1. The average Bonchev–Trinajstić information content (AvgIpc) is 2.80. The molecule has 3 rings (SSSR count). The van der Waals surface area contributed by atoms with Crippen molar-refractivity contribution in [3.63, 3.8) is 0 Å². The summed E-state index contributed by atoms with van der Waals surface area (Å²) in [5, 5.41) is 10.5. The smallest absolute Gasteiger partial charge is 0.159 e. The summed E-state index contributed by atoms with van der Waals surface area (Å²) < 4.78 is 1.91. The van der Waals surface area contributed by atoms with Gasteiger partial charge < -0.3 is 5.32 Å². The summed E-state index contributed by atoms with van der Waals surface area (Å²) in [4.78, 5) is 8.93. The van der Waals surface area contributed by atoms with E-state index in [1.165, 1.54) is 5.56 Å². The zero-order valence-electron chi connectivity index (χ0n) is 15.8. The largest absolute Gasteiger partial charge is 0.309 e. The quantitative estimate of drug-likeness (QED) is 0.514. The van der Waals surface area contributed by atoms with Crippen molar-refractivity contribution in [2.24, 2.45) is 7.05 Å². The van der Waals surface area contributed by atoms with Gasteiger partial charge in [-0.2, -0.15) is 5.10 Å². The lowest BCUT2D eigenvalue weighted by atomic mass is 10.2. The van der Waals surface area contributed by atoms with Crippen molar-refractivity contribution < 1.29 is 0 Å². The van der Waals surface area contributed by atoms with Crippen LogP contribution < -0.4 is 5.32 Å². The summed E-state index contributed by atoms with van der Waals surface area (Å²) in [5.41, 5.74) is 3.96. The number of aromatic nitrogens is 4. The van der Waals surface area contributed by atoms with Crippen LogP contribution in [0.5, 0.6) is 0 Å². The summed E-state index contributed by atoms with van der Waals surface area (Å²) in [5.74, 6) is 0. The van der Waals surface area contributed by atoms with Crippen molar-refractivity contribution in [1.82, 2.24) is 25.1 Å². The predicted molar refractivity (Wildman–Crippen MR) is 109 cm³/mol. The summed E-state index contributed by atoms with van der Waals surface area (Å²) in [6.45, 7) is 9.96. The van der Waals surface area contributed by atoms with Crippen LogP contribution in [0.25, 0.3) is 11.0 Å². The Morgan fingerprint density at radius 1 is 1.23 bits per heavy atom. The zero-order valence-corrected chi connectivity index (χ0v) is 17.4. The second-order valence-corrected chi connectivity index (χ2v) is 9.54. The molecule has 0 fully saturated rings. The van der Waals surface area contributed by atoms with E-state index in [9.17, 15) is 0 Å². The second kappa shape index (κ2) is 7.55. The minimum atomic E-state index is 0.148. The average molecular weight is 390 g/mol. The molecular weight excluding hydrogens is 366 g/mol. The van der Waals surface area contributed by atoms with Crippen molar-refractivity contribution in [3.05, 3.63) is 46.4 Å². The maximum atomic E-state index is 6.36. The molecule has 0 aliphatic carbocycles. The first-order chi connectivity index (χ1) is 12.2. The lowest BCUT2D eigenvalue weighted by molar-refractivity contribution is 0.689. The fraction of sp³-hybridized carbons (Fsp3) is 0.421. The number of nitrogens with one attached hydrogen (secondary N) is 1. The number of pyridine rings is 2. The minimum Gasteiger partial charge on any atom is -0.309 e. The van der Waals surface area contributed by atoms with Crippen molar-refractivity contribution in [3.8, 4) is 0 Å². The third-order valence-electron chi connectivity index (χ3n) is 3.88. The van der Waals surface area contributed by atoms with Gasteiger partial charge in [-0.15, -0.1) is 11.8 Å². The molecule has 5 nitrogen and oxygen atoms in total. The van der Waals surface area contributed by atoms with Crippen molar-refractivity contribution >= 4 is 34.4 Å². The number of hydrogen-bond acceptors (Lipinski definition) is 5. The summed E-state index contributed by atoms with van der Waals surface area (Å²) in [6.07, 6.45) is 1.87. The summed E-state index contributed by atoms with van der Waals surface area (Å²) >= 11 is 8.13. The van der Waals surface area contributed by atoms with Gasteiger partial charge in [0.2, 0.25) is 0 Å². The summed E-state index contributed by atoms with van der Waals surface area (Å²) in [7, 11) is 1.88. The highest BCUT2D eigenvalue weighted by Gasteiger charge is 2.14. The molecule has 0 amide bonds. The van der Waals surface area contributed by atoms with Crippen molar-refractivity contribution in [2.45, 2.75) is 50.6 Å². The van der Waals surface area contributed by atoms with E-state index in [0.29, 0.717) is 11.7 Å². The molecule has 3 heterocycles. The lowest BCUT2D eigenvalue weighted by Crippen LogP contribution is -2.14. The van der Waals surface area contributed by atoms with Crippen LogP contribution >= 0.6 is 23.4 Å². The van der Waals surface area contributed by atoms with Gasteiger partial charge in [-0.1, -0.05) is 32.4 Å². The Balaban J connectivity index is 1.68. The van der Waals surface area contributed by atoms with E-state index in [1.54, 1.807) is 16.4 Å². The number of thioether (sulfide) groups is 1. The van der Waals surface area contributed by atoms with Gasteiger partial charge in [-0.05, 0) is 30.7 Å². The van der Waals surface area contributed by atoms with Gasteiger partial charge >= 0.3 is 0 Å². The maximum Gasteiger partial charge on any atom is 0.159 e. The highest BCUT2D eigenvalue weighted by atomic mass is 35.5. The molecule has 0 unspecified atom stereocenters. The molecule has 0 spiro atoms. The number of halogens is 1. The fourth-order valence-electron chi connectivity index (χ4n) is 2.76. The standard InChI is InChI=1S/C19H24ClN5S/c1-12-15-9-14(17(20)23-18(15)25(5)24-12)11-21-10-13-6-7-22-16(8-13)26-19(2,3)4/h6-9,21H,10-11H2,1-5H3. The van der Waals surface area contributed by atoms with Gasteiger partial charge in [0.15, 0.2) is 5.65 Å². The molecule has 0 aromatic carbocycles. The van der Waals surface area contributed by atoms with Gasteiger partial charge in [-0.3, -0.25) is 4.68 Å². The Kier molecular flexibility index (Phi) is 5.55. The molecular formula is C19H24ClN5S. The lowest BCUT2D eigenvalue weighted by Gasteiger charge is -2.17. The van der Waals surface area contributed by atoms with Crippen LogP contribution in [0, 0.1) is 6.92 Å². The van der Waals surface area contributed by atoms with Gasteiger partial charge in [0, 0.05) is 42.0 Å². The van der Waals surface area contributed by atoms with Crippen LogP contribution in [-0.2, 0) is 20.1 Å². The third kappa shape index (κ3) is 4.55. The van der Waals surface area contributed by atoms with Gasteiger partial charge in [-0.25, -0.2) is 9.97 Å². The molecule has 0 bridgehead atoms. The van der Waals surface area contributed by atoms with E-state index in [1.807, 2.05) is 26.2 Å². The molecule has 0 aliphatic heterocycles. The monoisotopic (exact) mass is 389 g/mol. The molecule has 138 valence electrons. The van der Waals surface area contributed by atoms with E-state index in [2.05, 4.69) is 53.3 Å². The summed E-state index contributed by atoms with van der Waals surface area (Å²) in [6, 6.07) is 6.25. The van der Waals surface area contributed by atoms with Crippen LogP contribution in [0.4, 0.5) is 0 Å². The first-order valence-corrected chi connectivity index (χ1v) is 9.76. The molecule has 0 atom stereocenters. The molecule has 1 N–H and O–H groups in total. The van der Waals surface area contributed by atoms with Crippen LogP contribution in [0.15, 0.2) is 29.4 Å². The topological polar surface area (TPSA) is 55.6 Å². The highest BCUT2D eigenvalue weighted by Crippen LogP contribution is 2.30. The number of aryl methyl sites for hydroxylation is 2. The first-order valence-electron chi connectivity index (χ1n) is 8.56. The number of nitrogens with zero attached hydrogens (tertiary/aromatic N) is 4. The van der Waals surface area contributed by atoms with E-state index in [0.717, 1.165) is 33.9 Å². The van der Waals surface area contributed by atoms with Crippen LogP contribution in [-0.4, -0.2) is 24.5 Å². The van der Waals surface area contributed by atoms with Crippen LogP contribution in [0.2, 0.25) is 5.15 Å². The fourth-order valence-corrected chi connectivity index (χ4v) is 3.91. The molecule has 3 aromatic heterocycles. The van der Waals surface area contributed by atoms with E-state index >= 15 is 0 Å². The Labute approximate surface area is 163 Å². The van der Waals surface area contributed by atoms with Crippen LogP contribution in [0.1, 0.15) is 37.6 Å². The van der Waals surface area contributed by atoms with Gasteiger partial charge in [0.1, 0.15) is 5.15 Å². The number of fused-ring (bicyclic) bond motifs is 1. The predicted octanol–water partition coefficient (Wildman–Crippen LogP) is 4.51. The zero-order chi connectivity index (χ0) is 18.9. The third-order valence-corrected chi connectivity index (χ3v) is 5.25. The van der Waals surface area contributed by atoms with Crippen molar-refractivity contribution in [1.29, 1.82) is 0 Å². The van der Waals surface area contributed by atoms with Gasteiger partial charge in [0.05, 0.1) is 10.7 Å².